The summed E-state index contributed by atoms with van der Waals surface area (Å²) in [6.07, 6.45) is 3.50. The first-order chi connectivity index (χ1) is 7.93. The monoisotopic (exact) mass is 210 g/mol. The van der Waals surface area contributed by atoms with Gasteiger partial charge < -0.3 is 0 Å². The number of aromatic nitrogens is 1. The van der Waals surface area contributed by atoms with E-state index in [4.69, 9.17) is 0 Å². The van der Waals surface area contributed by atoms with Gasteiger partial charge in [-0.2, -0.15) is 0 Å². The Morgan fingerprint density at radius 2 is 1.88 bits per heavy atom. The summed E-state index contributed by atoms with van der Waals surface area (Å²) in [6.45, 7) is 0. The highest BCUT2D eigenvalue weighted by Crippen LogP contribution is 2.26. The zero-order chi connectivity index (χ0) is 10.8. The van der Waals surface area contributed by atoms with E-state index in [0.717, 1.165) is 17.2 Å². The van der Waals surface area contributed by atoms with E-state index in [1.807, 2.05) is 47.5 Å². The highest BCUT2D eigenvalue weighted by Gasteiger charge is 2.11. The number of benzene rings is 1. The van der Waals surface area contributed by atoms with Crippen LogP contribution in [0.2, 0.25) is 0 Å². The van der Waals surface area contributed by atoms with E-state index >= 15 is 0 Å². The molecule has 78 valence electrons. The van der Waals surface area contributed by atoms with Crippen LogP contribution in [-0.4, -0.2) is 11.3 Å². The molecule has 0 fully saturated rings. The molecule has 1 aliphatic heterocycles. The van der Waals surface area contributed by atoms with Crippen molar-refractivity contribution in [2.45, 2.75) is 0 Å². The van der Waals surface area contributed by atoms with Gasteiger partial charge in [0.1, 0.15) is 12.0 Å². The van der Waals surface area contributed by atoms with Crippen molar-refractivity contribution < 1.29 is 0 Å². The van der Waals surface area contributed by atoms with E-state index in [2.05, 4.69) is 15.4 Å². The summed E-state index contributed by atoms with van der Waals surface area (Å²) in [5.74, 6) is 0.772. The molecular weight excluding hydrogens is 200 g/mol. The maximum absolute atomic E-state index is 4.33. The molecule has 0 saturated heterocycles. The smallest absolute Gasteiger partial charge is 0.171 e. The van der Waals surface area contributed by atoms with E-state index in [9.17, 15) is 0 Å². The lowest BCUT2D eigenvalue weighted by Crippen LogP contribution is -2.30. The quantitative estimate of drug-likeness (QED) is 0.786. The van der Waals surface area contributed by atoms with Crippen molar-refractivity contribution in [3.05, 3.63) is 48.7 Å². The van der Waals surface area contributed by atoms with Gasteiger partial charge >= 0.3 is 0 Å². The van der Waals surface area contributed by atoms with Crippen LogP contribution in [0.4, 0.5) is 17.2 Å². The molecule has 0 saturated carbocycles. The van der Waals surface area contributed by atoms with Gasteiger partial charge in [0.15, 0.2) is 5.82 Å². The Bertz CT molecular complexity index is 522. The van der Waals surface area contributed by atoms with Crippen LogP contribution < -0.4 is 10.4 Å². The molecule has 1 aromatic carbocycles. The van der Waals surface area contributed by atoms with Gasteiger partial charge in [-0.15, -0.1) is 0 Å². The largest absolute Gasteiger partial charge is 0.274 e. The molecule has 0 atom stereocenters. The molecule has 0 spiro atoms. The first kappa shape index (κ1) is 8.91. The first-order valence-electron chi connectivity index (χ1n) is 5.04. The Kier molecular flexibility index (Phi) is 2.04. The van der Waals surface area contributed by atoms with E-state index in [-0.39, 0.29) is 0 Å². The number of pyridine rings is 1. The van der Waals surface area contributed by atoms with Crippen LogP contribution in [0.25, 0.3) is 0 Å². The Balaban J connectivity index is 1.95. The van der Waals surface area contributed by atoms with Gasteiger partial charge in [0.05, 0.1) is 5.69 Å². The highest BCUT2D eigenvalue weighted by molar-refractivity contribution is 5.89. The number of anilines is 2. The van der Waals surface area contributed by atoms with Crippen molar-refractivity contribution >= 4 is 23.5 Å². The Labute approximate surface area is 93.2 Å². The zero-order valence-electron chi connectivity index (χ0n) is 8.54. The molecule has 0 unspecified atom stereocenters. The topological polar surface area (TPSA) is 40.5 Å². The Morgan fingerprint density at radius 1 is 1.00 bits per heavy atom. The molecule has 4 nitrogen and oxygen atoms in total. The number of nitrogens with zero attached hydrogens (tertiary/aromatic N) is 3. The number of para-hydroxylation sites is 1. The molecule has 0 bridgehead atoms. The predicted octanol–water partition coefficient (Wildman–Crippen LogP) is 2.59. The average molecular weight is 210 g/mol. The molecule has 3 rings (SSSR count). The van der Waals surface area contributed by atoms with Crippen molar-refractivity contribution in [1.82, 2.24) is 4.98 Å². The normalized spacial score (nSPS) is 13.1. The lowest BCUT2D eigenvalue weighted by atomic mass is 10.3. The third kappa shape index (κ3) is 1.50. The highest BCUT2D eigenvalue weighted by atomic mass is 15.5. The lowest BCUT2D eigenvalue weighted by Gasteiger charge is -2.24. The molecule has 0 amide bonds. The molecule has 2 heterocycles. The van der Waals surface area contributed by atoms with Crippen LogP contribution in [0, 0.1) is 0 Å². The van der Waals surface area contributed by atoms with Gasteiger partial charge in [0, 0.05) is 6.20 Å². The minimum Gasteiger partial charge on any atom is -0.274 e. The van der Waals surface area contributed by atoms with Gasteiger partial charge in [0.25, 0.3) is 0 Å². The summed E-state index contributed by atoms with van der Waals surface area (Å²) < 4.78 is 0. The molecule has 16 heavy (non-hydrogen) atoms. The molecule has 1 aromatic heterocycles. The molecule has 2 aromatic rings. The number of hydrogen-bond acceptors (Lipinski definition) is 4. The van der Waals surface area contributed by atoms with Gasteiger partial charge in [0.2, 0.25) is 0 Å². The van der Waals surface area contributed by atoms with Crippen molar-refractivity contribution in [3.63, 3.8) is 0 Å². The average Bonchev–Trinajstić information content (AvgIpc) is 2.39. The van der Waals surface area contributed by atoms with E-state index in [1.54, 1.807) is 12.5 Å². The summed E-state index contributed by atoms with van der Waals surface area (Å²) >= 11 is 0. The molecule has 1 N–H and O–H groups in total. The van der Waals surface area contributed by atoms with Crippen LogP contribution in [0.3, 0.4) is 0 Å². The second-order valence-electron chi connectivity index (χ2n) is 3.43. The number of rotatable bonds is 1. The van der Waals surface area contributed by atoms with E-state index in [1.165, 1.54) is 0 Å². The minimum atomic E-state index is 0.772. The number of hydrogen-bond donors (Lipinski definition) is 1. The SMILES string of the molecule is C1=Nc2cccnc2NN1c1ccccc1. The van der Waals surface area contributed by atoms with E-state index in [0.29, 0.717) is 0 Å². The maximum atomic E-state index is 4.33. The van der Waals surface area contributed by atoms with Gasteiger partial charge in [-0.25, -0.2) is 15.0 Å². The van der Waals surface area contributed by atoms with Gasteiger partial charge in [-0.3, -0.25) is 5.43 Å². The van der Waals surface area contributed by atoms with Gasteiger partial charge in [-0.05, 0) is 24.3 Å². The third-order valence-electron chi connectivity index (χ3n) is 2.36. The third-order valence-corrected chi connectivity index (χ3v) is 2.36. The van der Waals surface area contributed by atoms with Crippen LogP contribution >= 0.6 is 0 Å². The summed E-state index contributed by atoms with van der Waals surface area (Å²) in [7, 11) is 0. The minimum absolute atomic E-state index is 0.772. The van der Waals surface area contributed by atoms with Crippen molar-refractivity contribution in [2.75, 3.05) is 10.4 Å². The molecule has 1 aliphatic rings. The second-order valence-corrected chi connectivity index (χ2v) is 3.43. The summed E-state index contributed by atoms with van der Waals surface area (Å²) in [5, 5.41) is 1.84. The summed E-state index contributed by atoms with van der Waals surface area (Å²) in [5.41, 5.74) is 5.07. The Hall–Kier alpha value is -2.36. The van der Waals surface area contributed by atoms with Crippen LogP contribution in [0.5, 0.6) is 0 Å². The first-order valence-corrected chi connectivity index (χ1v) is 5.04. The summed E-state index contributed by atoms with van der Waals surface area (Å²) in [4.78, 5) is 8.56. The molecule has 0 aliphatic carbocycles. The van der Waals surface area contributed by atoms with E-state index < -0.39 is 0 Å². The van der Waals surface area contributed by atoms with Crippen LogP contribution in [0.15, 0.2) is 53.7 Å². The Morgan fingerprint density at radius 3 is 2.75 bits per heavy atom. The van der Waals surface area contributed by atoms with Crippen molar-refractivity contribution in [1.29, 1.82) is 0 Å². The second kappa shape index (κ2) is 3.66. The van der Waals surface area contributed by atoms with Gasteiger partial charge in [-0.1, -0.05) is 18.2 Å². The number of fused-ring (bicyclic) bond motifs is 1. The van der Waals surface area contributed by atoms with Crippen molar-refractivity contribution in [2.24, 2.45) is 4.99 Å². The lowest BCUT2D eigenvalue weighted by molar-refractivity contribution is 1.14. The maximum Gasteiger partial charge on any atom is 0.171 e. The number of nitrogens with one attached hydrogen (secondary N) is 1. The summed E-state index contributed by atoms with van der Waals surface area (Å²) in [6, 6.07) is 13.8. The van der Waals surface area contributed by atoms with Crippen molar-refractivity contribution in [3.8, 4) is 0 Å². The van der Waals surface area contributed by atoms with Crippen LogP contribution in [-0.2, 0) is 0 Å². The van der Waals surface area contributed by atoms with Crippen LogP contribution in [0.1, 0.15) is 0 Å². The predicted molar refractivity (Wildman–Crippen MR) is 64.9 cm³/mol. The standard InChI is InChI=1S/C12H10N4/c1-2-5-10(6-3-1)16-9-14-11-7-4-8-13-12(11)15-16/h1-9H,(H,13,15). The zero-order valence-corrected chi connectivity index (χ0v) is 8.54. The fourth-order valence-electron chi connectivity index (χ4n) is 1.57. The number of aliphatic imine (C=N–C) groups is 1. The molecular formula is C12H10N4. The molecule has 4 heteroatoms. The molecule has 0 radical (unpaired) electrons. The number of hydrazine groups is 1. The fourth-order valence-corrected chi connectivity index (χ4v) is 1.57. The fraction of sp³-hybridized carbons (Fsp3) is 0.